The first-order valence-electron chi connectivity index (χ1n) is 6.13. The lowest BCUT2D eigenvalue weighted by Crippen LogP contribution is -2.26. The number of nitrogen functional groups attached to an aromatic ring is 1. The molecule has 5 nitrogen and oxygen atoms in total. The molecule has 2 aromatic rings. The average molecular weight is 325 g/mol. The normalized spacial score (nSPS) is 10.3. The fourth-order valence-electron chi connectivity index (χ4n) is 1.86. The number of hydrogen-bond acceptors (Lipinski definition) is 4. The summed E-state index contributed by atoms with van der Waals surface area (Å²) in [4.78, 5) is 17.9. The molecule has 1 aromatic carbocycles. The molecule has 0 aliphatic carbocycles. The molecule has 7 heteroatoms. The van der Waals surface area contributed by atoms with E-state index in [0.29, 0.717) is 28.0 Å². The third-order valence-electron chi connectivity index (χ3n) is 2.88. The molecular weight excluding hydrogens is 311 g/mol. The standard InChI is InChI=1S/C14H14Cl2N4O/c1-20(8-9-3-2-4-11(15)5-9)14(21)10-6-12(16)13(19-17)18-7-10/h2-7H,8,17H2,1H3,(H,18,19). The van der Waals surface area contributed by atoms with Crippen molar-refractivity contribution >= 4 is 34.9 Å². The molecule has 0 spiro atoms. The molecule has 0 bridgehead atoms. The summed E-state index contributed by atoms with van der Waals surface area (Å²) < 4.78 is 0. The van der Waals surface area contributed by atoms with Gasteiger partial charge in [0, 0.05) is 24.8 Å². The predicted molar refractivity (Wildman–Crippen MR) is 84.3 cm³/mol. The van der Waals surface area contributed by atoms with Crippen molar-refractivity contribution in [2.24, 2.45) is 5.84 Å². The van der Waals surface area contributed by atoms with Crippen LogP contribution in [0.3, 0.4) is 0 Å². The monoisotopic (exact) mass is 324 g/mol. The summed E-state index contributed by atoms with van der Waals surface area (Å²) in [6.07, 6.45) is 1.43. The fourth-order valence-corrected chi connectivity index (χ4v) is 2.30. The third-order valence-corrected chi connectivity index (χ3v) is 3.40. The Morgan fingerprint density at radius 1 is 1.38 bits per heavy atom. The lowest BCUT2D eigenvalue weighted by molar-refractivity contribution is 0.0784. The largest absolute Gasteiger partial charge is 0.337 e. The fraction of sp³-hybridized carbons (Fsp3) is 0.143. The van der Waals surface area contributed by atoms with Crippen LogP contribution in [-0.4, -0.2) is 22.8 Å². The number of pyridine rings is 1. The minimum Gasteiger partial charge on any atom is -0.337 e. The highest BCUT2D eigenvalue weighted by molar-refractivity contribution is 6.33. The van der Waals surface area contributed by atoms with E-state index in [1.165, 1.54) is 12.3 Å². The van der Waals surface area contributed by atoms with E-state index in [4.69, 9.17) is 29.0 Å². The first-order valence-corrected chi connectivity index (χ1v) is 6.89. The third kappa shape index (κ3) is 3.85. The summed E-state index contributed by atoms with van der Waals surface area (Å²) in [7, 11) is 1.70. The number of hydrogen-bond donors (Lipinski definition) is 2. The Bertz CT molecular complexity index is 663. The van der Waals surface area contributed by atoms with Crippen molar-refractivity contribution in [2.75, 3.05) is 12.5 Å². The van der Waals surface area contributed by atoms with Crippen molar-refractivity contribution in [3.05, 3.63) is 57.7 Å². The minimum atomic E-state index is -0.187. The van der Waals surface area contributed by atoms with Crippen LogP contribution < -0.4 is 11.3 Å². The average Bonchev–Trinajstić information content (AvgIpc) is 2.46. The summed E-state index contributed by atoms with van der Waals surface area (Å²) in [5, 5.41) is 0.927. The molecule has 0 saturated heterocycles. The van der Waals surface area contributed by atoms with E-state index >= 15 is 0 Å². The summed E-state index contributed by atoms with van der Waals surface area (Å²) >= 11 is 11.9. The maximum Gasteiger partial charge on any atom is 0.255 e. The van der Waals surface area contributed by atoms with Gasteiger partial charge in [0.2, 0.25) is 0 Å². The molecule has 0 aliphatic heterocycles. The van der Waals surface area contributed by atoms with E-state index in [1.54, 1.807) is 18.0 Å². The summed E-state index contributed by atoms with van der Waals surface area (Å²) in [6.45, 7) is 0.438. The second-order valence-electron chi connectivity index (χ2n) is 4.49. The Morgan fingerprint density at radius 3 is 2.76 bits per heavy atom. The molecule has 21 heavy (non-hydrogen) atoms. The van der Waals surface area contributed by atoms with Gasteiger partial charge in [-0.15, -0.1) is 0 Å². The van der Waals surface area contributed by atoms with Gasteiger partial charge in [-0.05, 0) is 23.8 Å². The Morgan fingerprint density at radius 2 is 2.14 bits per heavy atom. The van der Waals surface area contributed by atoms with Crippen LogP contribution in [0.2, 0.25) is 10.0 Å². The number of halogens is 2. The number of anilines is 1. The molecular formula is C14H14Cl2N4O. The number of benzene rings is 1. The summed E-state index contributed by atoms with van der Waals surface area (Å²) in [5.74, 6) is 5.39. The van der Waals surface area contributed by atoms with E-state index in [9.17, 15) is 4.79 Å². The molecule has 2 rings (SSSR count). The molecule has 0 radical (unpaired) electrons. The van der Waals surface area contributed by atoms with E-state index in [0.717, 1.165) is 5.56 Å². The molecule has 0 aliphatic rings. The first kappa shape index (κ1) is 15.6. The predicted octanol–water partition coefficient (Wildman–Crippen LogP) is 2.95. The van der Waals surface area contributed by atoms with Crippen molar-refractivity contribution < 1.29 is 4.79 Å². The molecule has 0 unspecified atom stereocenters. The molecule has 1 heterocycles. The lowest BCUT2D eigenvalue weighted by atomic mass is 10.2. The molecule has 0 atom stereocenters. The van der Waals surface area contributed by atoms with Crippen LogP contribution in [0.15, 0.2) is 36.5 Å². The summed E-state index contributed by atoms with van der Waals surface area (Å²) in [5.41, 5.74) is 3.69. The number of rotatable bonds is 4. The maximum absolute atomic E-state index is 12.3. The second kappa shape index (κ2) is 6.76. The highest BCUT2D eigenvalue weighted by Gasteiger charge is 2.14. The van der Waals surface area contributed by atoms with Gasteiger partial charge < -0.3 is 10.3 Å². The van der Waals surface area contributed by atoms with Crippen LogP contribution in [0.25, 0.3) is 0 Å². The van der Waals surface area contributed by atoms with E-state index < -0.39 is 0 Å². The van der Waals surface area contributed by atoms with Gasteiger partial charge in [-0.25, -0.2) is 10.8 Å². The molecule has 0 fully saturated rings. The first-order chi connectivity index (χ1) is 10.0. The van der Waals surface area contributed by atoms with Crippen molar-refractivity contribution in [1.29, 1.82) is 0 Å². The van der Waals surface area contributed by atoms with Crippen LogP contribution in [0.5, 0.6) is 0 Å². The lowest BCUT2D eigenvalue weighted by Gasteiger charge is -2.17. The summed E-state index contributed by atoms with van der Waals surface area (Å²) in [6, 6.07) is 8.88. The van der Waals surface area contributed by atoms with Gasteiger partial charge >= 0.3 is 0 Å². The van der Waals surface area contributed by atoms with Crippen LogP contribution >= 0.6 is 23.2 Å². The number of nitrogens with one attached hydrogen (secondary N) is 1. The zero-order valence-electron chi connectivity index (χ0n) is 11.3. The Balaban J connectivity index is 2.14. The van der Waals surface area contributed by atoms with Gasteiger partial charge in [0.1, 0.15) is 0 Å². The number of amides is 1. The molecule has 0 saturated carbocycles. The maximum atomic E-state index is 12.3. The van der Waals surface area contributed by atoms with Gasteiger partial charge in [0.15, 0.2) is 5.82 Å². The molecule has 110 valence electrons. The Labute approximate surface area is 132 Å². The van der Waals surface area contributed by atoms with E-state index in [2.05, 4.69) is 10.4 Å². The van der Waals surface area contributed by atoms with Crippen molar-refractivity contribution in [2.45, 2.75) is 6.54 Å². The van der Waals surface area contributed by atoms with Crippen molar-refractivity contribution in [1.82, 2.24) is 9.88 Å². The number of carbonyl (C=O) groups excluding carboxylic acids is 1. The Kier molecular flexibility index (Phi) is 5.01. The number of hydrazine groups is 1. The van der Waals surface area contributed by atoms with Gasteiger partial charge in [-0.1, -0.05) is 35.3 Å². The molecule has 3 N–H and O–H groups in total. The van der Waals surface area contributed by atoms with Gasteiger partial charge in [0.05, 0.1) is 10.6 Å². The highest BCUT2D eigenvalue weighted by Crippen LogP contribution is 2.20. The van der Waals surface area contributed by atoms with E-state index in [1.807, 2.05) is 18.2 Å². The Hall–Kier alpha value is -1.82. The zero-order valence-corrected chi connectivity index (χ0v) is 12.8. The topological polar surface area (TPSA) is 71.2 Å². The zero-order chi connectivity index (χ0) is 15.4. The van der Waals surface area contributed by atoms with Crippen LogP contribution in [0.4, 0.5) is 5.82 Å². The van der Waals surface area contributed by atoms with Crippen LogP contribution in [0.1, 0.15) is 15.9 Å². The van der Waals surface area contributed by atoms with Gasteiger partial charge in [-0.3, -0.25) is 4.79 Å². The van der Waals surface area contributed by atoms with Crippen LogP contribution in [0, 0.1) is 0 Å². The SMILES string of the molecule is CN(Cc1cccc(Cl)c1)C(=O)c1cnc(NN)c(Cl)c1. The van der Waals surface area contributed by atoms with Gasteiger partial charge in [0.25, 0.3) is 5.91 Å². The van der Waals surface area contributed by atoms with E-state index in [-0.39, 0.29) is 5.91 Å². The van der Waals surface area contributed by atoms with Crippen molar-refractivity contribution in [3.63, 3.8) is 0 Å². The quantitative estimate of drug-likeness (QED) is 0.670. The smallest absolute Gasteiger partial charge is 0.255 e. The minimum absolute atomic E-state index is 0.187. The number of nitrogens with two attached hydrogens (primary N) is 1. The van der Waals surface area contributed by atoms with Crippen molar-refractivity contribution in [3.8, 4) is 0 Å². The van der Waals surface area contributed by atoms with Gasteiger partial charge in [-0.2, -0.15) is 0 Å². The molecule has 1 amide bonds. The van der Waals surface area contributed by atoms with Crippen LogP contribution in [-0.2, 0) is 6.54 Å². The number of carbonyl (C=O) groups is 1. The highest BCUT2D eigenvalue weighted by atomic mass is 35.5. The molecule has 1 aromatic heterocycles. The number of nitrogens with zero attached hydrogens (tertiary/aromatic N) is 2. The number of aromatic nitrogens is 1. The second-order valence-corrected chi connectivity index (χ2v) is 5.33.